The molecule has 1 unspecified atom stereocenters. The van der Waals surface area contributed by atoms with Gasteiger partial charge in [0.2, 0.25) is 17.8 Å². The Balaban J connectivity index is 2.14. The van der Waals surface area contributed by atoms with Crippen LogP contribution >= 0.6 is 0 Å². The first-order valence-electron chi connectivity index (χ1n) is 6.16. The molecule has 1 aromatic rings. The number of anilines is 3. The van der Waals surface area contributed by atoms with E-state index >= 15 is 0 Å². The number of aliphatic hydroxyl groups is 1. The summed E-state index contributed by atoms with van der Waals surface area (Å²) in [6.45, 7) is 4.78. The van der Waals surface area contributed by atoms with Crippen LogP contribution in [-0.4, -0.2) is 59.0 Å². The number of aromatic nitrogens is 3. The number of rotatable bonds is 5. The minimum absolute atomic E-state index is 0.282. The van der Waals surface area contributed by atoms with E-state index in [0.29, 0.717) is 31.7 Å². The number of hydrogen-bond acceptors (Lipinski definition) is 9. The molecule has 5 N–H and O–H groups in total. The molecule has 2 rings (SSSR count). The average molecular weight is 269 g/mol. The fraction of sp³-hybridized carbons (Fsp3) is 0.700. The number of nitrogen functional groups attached to an aromatic ring is 1. The maximum atomic E-state index is 9.26. The van der Waals surface area contributed by atoms with Crippen LogP contribution < -0.4 is 21.5 Å². The first-order chi connectivity index (χ1) is 9.19. The molecular weight excluding hydrogens is 250 g/mol. The van der Waals surface area contributed by atoms with Crippen LogP contribution in [0.4, 0.5) is 17.8 Å². The largest absolute Gasteiger partial charge is 0.392 e. The molecule has 1 fully saturated rings. The Morgan fingerprint density at radius 3 is 2.63 bits per heavy atom. The Kier molecular flexibility index (Phi) is 4.66. The molecule has 19 heavy (non-hydrogen) atoms. The summed E-state index contributed by atoms with van der Waals surface area (Å²) in [6.07, 6.45) is -0.488. The van der Waals surface area contributed by atoms with Crippen molar-refractivity contribution in [1.29, 1.82) is 0 Å². The van der Waals surface area contributed by atoms with Crippen LogP contribution in [0.3, 0.4) is 0 Å². The summed E-state index contributed by atoms with van der Waals surface area (Å²) < 4.78 is 5.29. The topological polar surface area (TPSA) is 121 Å². The van der Waals surface area contributed by atoms with Crippen molar-refractivity contribution >= 4 is 17.8 Å². The van der Waals surface area contributed by atoms with Gasteiger partial charge in [0, 0.05) is 19.6 Å². The van der Waals surface area contributed by atoms with Gasteiger partial charge in [-0.3, -0.25) is 5.43 Å². The molecule has 0 aromatic carbocycles. The number of morpholine rings is 1. The maximum absolute atomic E-state index is 9.26. The van der Waals surface area contributed by atoms with E-state index in [0.717, 1.165) is 13.1 Å². The second-order valence-corrected chi connectivity index (χ2v) is 4.26. The summed E-state index contributed by atoms with van der Waals surface area (Å²) >= 11 is 0. The predicted molar refractivity (Wildman–Crippen MR) is 70.8 cm³/mol. The highest BCUT2D eigenvalue weighted by Gasteiger charge is 2.16. The summed E-state index contributed by atoms with van der Waals surface area (Å²) in [6, 6.07) is 0. The van der Waals surface area contributed by atoms with Crippen molar-refractivity contribution in [3.05, 3.63) is 0 Å². The van der Waals surface area contributed by atoms with Gasteiger partial charge in [0.05, 0.1) is 19.3 Å². The lowest BCUT2D eigenvalue weighted by Gasteiger charge is -2.27. The molecule has 1 aliphatic rings. The van der Waals surface area contributed by atoms with E-state index in [1.807, 2.05) is 4.90 Å². The number of nitrogens with zero attached hydrogens (tertiary/aromatic N) is 4. The fourth-order valence-corrected chi connectivity index (χ4v) is 1.65. The third-order valence-corrected chi connectivity index (χ3v) is 2.60. The normalized spacial score (nSPS) is 17.1. The molecule has 106 valence electrons. The molecule has 9 heteroatoms. The second kappa shape index (κ2) is 6.45. The van der Waals surface area contributed by atoms with Crippen molar-refractivity contribution in [3.8, 4) is 0 Å². The zero-order valence-electron chi connectivity index (χ0n) is 10.8. The summed E-state index contributed by atoms with van der Waals surface area (Å²) in [5.74, 6) is 6.55. The minimum atomic E-state index is -0.488. The van der Waals surface area contributed by atoms with Gasteiger partial charge >= 0.3 is 0 Å². The first kappa shape index (κ1) is 13.7. The van der Waals surface area contributed by atoms with E-state index in [9.17, 15) is 5.11 Å². The number of hydrazine groups is 1. The van der Waals surface area contributed by atoms with Crippen LogP contribution in [0.15, 0.2) is 0 Å². The molecule has 0 spiro atoms. The predicted octanol–water partition coefficient (Wildman–Crippen LogP) is -1.21. The van der Waals surface area contributed by atoms with E-state index < -0.39 is 6.10 Å². The molecule has 1 aromatic heterocycles. The highest BCUT2D eigenvalue weighted by molar-refractivity contribution is 5.43. The van der Waals surface area contributed by atoms with Crippen LogP contribution in [0, 0.1) is 0 Å². The van der Waals surface area contributed by atoms with E-state index in [1.165, 1.54) is 0 Å². The maximum Gasteiger partial charge on any atom is 0.243 e. The highest BCUT2D eigenvalue weighted by Crippen LogP contribution is 2.14. The van der Waals surface area contributed by atoms with Gasteiger partial charge in [0.1, 0.15) is 0 Å². The van der Waals surface area contributed by atoms with Crippen molar-refractivity contribution in [2.75, 3.05) is 48.5 Å². The van der Waals surface area contributed by atoms with E-state index in [4.69, 9.17) is 10.6 Å². The molecule has 0 radical (unpaired) electrons. The van der Waals surface area contributed by atoms with Crippen LogP contribution in [-0.2, 0) is 4.74 Å². The van der Waals surface area contributed by atoms with Gasteiger partial charge in [-0.15, -0.1) is 0 Å². The van der Waals surface area contributed by atoms with Crippen LogP contribution in [0.25, 0.3) is 0 Å². The number of aliphatic hydroxyl groups excluding tert-OH is 1. The zero-order valence-corrected chi connectivity index (χ0v) is 10.8. The van der Waals surface area contributed by atoms with Gasteiger partial charge < -0.3 is 20.1 Å². The standard InChI is InChI=1S/C10H19N7O2/c1-7(18)6-12-8-13-9(16-11)15-10(14-8)17-2-4-19-5-3-17/h7,18H,2-6,11H2,1H3,(H2,12,13,14,15,16). The summed E-state index contributed by atoms with van der Waals surface area (Å²) in [5.41, 5.74) is 2.41. The number of hydrogen-bond donors (Lipinski definition) is 4. The van der Waals surface area contributed by atoms with Crippen molar-refractivity contribution in [3.63, 3.8) is 0 Å². The van der Waals surface area contributed by atoms with Crippen LogP contribution in [0.2, 0.25) is 0 Å². The summed E-state index contributed by atoms with van der Waals surface area (Å²) in [5, 5.41) is 12.2. The Morgan fingerprint density at radius 2 is 2.00 bits per heavy atom. The van der Waals surface area contributed by atoms with E-state index in [-0.39, 0.29) is 5.95 Å². The van der Waals surface area contributed by atoms with Gasteiger partial charge in [-0.25, -0.2) is 5.84 Å². The quantitative estimate of drug-likeness (QED) is 0.385. The smallest absolute Gasteiger partial charge is 0.243 e. The molecular formula is C10H19N7O2. The fourth-order valence-electron chi connectivity index (χ4n) is 1.65. The van der Waals surface area contributed by atoms with Crippen molar-refractivity contribution in [2.24, 2.45) is 5.84 Å². The lowest BCUT2D eigenvalue weighted by Crippen LogP contribution is -2.37. The van der Waals surface area contributed by atoms with E-state index in [1.54, 1.807) is 6.92 Å². The third kappa shape index (κ3) is 3.88. The van der Waals surface area contributed by atoms with Gasteiger partial charge in [-0.05, 0) is 6.92 Å². The number of nitrogens with two attached hydrogens (primary N) is 1. The van der Waals surface area contributed by atoms with E-state index in [2.05, 4.69) is 25.7 Å². The molecule has 9 nitrogen and oxygen atoms in total. The Hall–Kier alpha value is -1.71. The average Bonchev–Trinajstić information content (AvgIpc) is 2.45. The van der Waals surface area contributed by atoms with Crippen molar-refractivity contribution in [1.82, 2.24) is 15.0 Å². The first-order valence-corrected chi connectivity index (χ1v) is 6.16. The minimum Gasteiger partial charge on any atom is -0.392 e. The second-order valence-electron chi connectivity index (χ2n) is 4.26. The van der Waals surface area contributed by atoms with Gasteiger partial charge in [0.25, 0.3) is 0 Å². The third-order valence-electron chi connectivity index (χ3n) is 2.60. The van der Waals surface area contributed by atoms with Crippen molar-refractivity contribution < 1.29 is 9.84 Å². The zero-order chi connectivity index (χ0) is 13.7. The molecule has 1 atom stereocenters. The van der Waals surface area contributed by atoms with Crippen LogP contribution in [0.5, 0.6) is 0 Å². The highest BCUT2D eigenvalue weighted by atomic mass is 16.5. The molecule has 2 heterocycles. The Morgan fingerprint density at radius 1 is 1.32 bits per heavy atom. The lowest BCUT2D eigenvalue weighted by molar-refractivity contribution is 0.122. The molecule has 0 aliphatic carbocycles. The molecule has 0 amide bonds. The molecule has 1 aliphatic heterocycles. The van der Waals surface area contributed by atoms with Gasteiger partial charge in [-0.2, -0.15) is 15.0 Å². The molecule has 0 bridgehead atoms. The summed E-state index contributed by atoms with van der Waals surface area (Å²) in [7, 11) is 0. The van der Waals surface area contributed by atoms with Crippen LogP contribution in [0.1, 0.15) is 6.92 Å². The van der Waals surface area contributed by atoms with Gasteiger partial charge in [-0.1, -0.05) is 0 Å². The lowest BCUT2D eigenvalue weighted by atomic mass is 10.4. The number of ether oxygens (including phenoxy) is 1. The Bertz CT molecular complexity index is 409. The SMILES string of the molecule is CC(O)CNc1nc(NN)nc(N2CCOCC2)n1. The monoisotopic (exact) mass is 269 g/mol. The van der Waals surface area contributed by atoms with Crippen molar-refractivity contribution in [2.45, 2.75) is 13.0 Å². The number of nitrogens with one attached hydrogen (secondary N) is 2. The molecule has 1 saturated heterocycles. The Labute approximate surface area is 111 Å². The molecule has 0 saturated carbocycles. The summed E-state index contributed by atoms with van der Waals surface area (Å²) in [4.78, 5) is 14.6. The van der Waals surface area contributed by atoms with Gasteiger partial charge in [0.15, 0.2) is 0 Å².